The topological polar surface area (TPSA) is 18.5 Å². The molecule has 0 aromatic carbocycles. The van der Waals surface area contributed by atoms with Gasteiger partial charge in [-0.3, -0.25) is 9.80 Å². The molecule has 2 heterocycles. The lowest BCUT2D eigenvalue weighted by molar-refractivity contribution is 0.00986. The number of piperazine rings is 1. The van der Waals surface area contributed by atoms with Crippen LogP contribution in [0.2, 0.25) is 0 Å². The molecule has 21 heavy (non-hydrogen) atoms. The van der Waals surface area contributed by atoms with E-state index in [0.29, 0.717) is 0 Å². The van der Waals surface area contributed by atoms with Gasteiger partial charge in [0.05, 0.1) is 0 Å². The second-order valence-electron chi connectivity index (χ2n) is 7.93. The Labute approximate surface area is 131 Å². The minimum absolute atomic E-state index is 0.719. The first-order chi connectivity index (χ1) is 10.2. The van der Waals surface area contributed by atoms with Gasteiger partial charge in [0.15, 0.2) is 0 Å². The smallest absolute Gasteiger partial charge is 0.0276 e. The fourth-order valence-corrected chi connectivity index (χ4v) is 5.27. The summed E-state index contributed by atoms with van der Waals surface area (Å²) >= 11 is 0. The fourth-order valence-electron chi connectivity index (χ4n) is 5.27. The lowest BCUT2D eigenvalue weighted by atomic mass is 9.75. The van der Waals surface area contributed by atoms with Crippen molar-refractivity contribution >= 4 is 0 Å². The predicted molar refractivity (Wildman–Crippen MR) is 89.6 cm³/mol. The number of hydrogen-bond acceptors (Lipinski definition) is 3. The molecule has 3 aliphatic rings. The van der Waals surface area contributed by atoms with E-state index in [1.807, 2.05) is 0 Å². The molecule has 0 radical (unpaired) electrons. The lowest BCUT2D eigenvalue weighted by Gasteiger charge is -2.50. The molecule has 0 aromatic rings. The average molecular weight is 293 g/mol. The number of fused-ring (bicyclic) bond motifs is 1. The Morgan fingerprint density at radius 1 is 1.05 bits per heavy atom. The van der Waals surface area contributed by atoms with E-state index >= 15 is 0 Å². The van der Waals surface area contributed by atoms with Crippen LogP contribution in [-0.2, 0) is 0 Å². The van der Waals surface area contributed by atoms with Crippen LogP contribution in [0.15, 0.2) is 0 Å². The van der Waals surface area contributed by atoms with E-state index in [-0.39, 0.29) is 0 Å². The monoisotopic (exact) mass is 293 g/mol. The summed E-state index contributed by atoms with van der Waals surface area (Å²) in [5.41, 5.74) is 0. The third kappa shape index (κ3) is 3.46. The molecule has 1 N–H and O–H groups in total. The highest BCUT2D eigenvalue weighted by Gasteiger charge is 2.41. The van der Waals surface area contributed by atoms with Crippen molar-refractivity contribution in [1.29, 1.82) is 0 Å². The van der Waals surface area contributed by atoms with Crippen molar-refractivity contribution in [2.45, 2.75) is 71.0 Å². The van der Waals surface area contributed by atoms with Gasteiger partial charge in [0.2, 0.25) is 0 Å². The second-order valence-corrected chi connectivity index (χ2v) is 7.93. The first-order valence-corrected chi connectivity index (χ1v) is 9.40. The Morgan fingerprint density at radius 2 is 1.86 bits per heavy atom. The highest BCUT2D eigenvalue weighted by atomic mass is 15.3. The van der Waals surface area contributed by atoms with Crippen LogP contribution in [0.25, 0.3) is 0 Å². The van der Waals surface area contributed by atoms with Gasteiger partial charge < -0.3 is 5.32 Å². The molecule has 122 valence electrons. The molecule has 0 bridgehead atoms. The van der Waals surface area contributed by atoms with Gasteiger partial charge in [-0.05, 0) is 57.0 Å². The Hall–Kier alpha value is -0.120. The highest BCUT2D eigenvalue weighted by Crippen LogP contribution is 2.34. The van der Waals surface area contributed by atoms with Crippen LogP contribution in [0.3, 0.4) is 0 Å². The zero-order valence-corrected chi connectivity index (χ0v) is 14.4. The van der Waals surface area contributed by atoms with Gasteiger partial charge in [-0.15, -0.1) is 0 Å². The third-order valence-electron chi connectivity index (χ3n) is 6.12. The zero-order valence-electron chi connectivity index (χ0n) is 14.4. The molecule has 5 atom stereocenters. The standard InChI is InChI=1S/C18H35N3/c1-4-7-19-17-12-14(2)11-15(3)18(17)21-10-9-20-8-5-6-16(20)13-21/h14-19H,4-13H2,1-3H3. The van der Waals surface area contributed by atoms with E-state index in [1.54, 1.807) is 0 Å². The van der Waals surface area contributed by atoms with E-state index in [0.717, 1.165) is 30.0 Å². The molecule has 0 aromatic heterocycles. The summed E-state index contributed by atoms with van der Waals surface area (Å²) in [5, 5.41) is 3.88. The minimum Gasteiger partial charge on any atom is -0.312 e. The summed E-state index contributed by atoms with van der Waals surface area (Å²) in [6.45, 7) is 13.7. The van der Waals surface area contributed by atoms with Gasteiger partial charge in [-0.2, -0.15) is 0 Å². The summed E-state index contributed by atoms with van der Waals surface area (Å²) in [6.07, 6.45) is 6.90. The van der Waals surface area contributed by atoms with Crippen LogP contribution in [-0.4, -0.2) is 60.6 Å². The molecule has 1 aliphatic carbocycles. The molecule has 1 saturated carbocycles. The van der Waals surface area contributed by atoms with Crippen molar-refractivity contribution in [2.75, 3.05) is 32.7 Å². The molecule has 2 aliphatic heterocycles. The van der Waals surface area contributed by atoms with Crippen LogP contribution >= 0.6 is 0 Å². The largest absolute Gasteiger partial charge is 0.312 e. The number of hydrogen-bond donors (Lipinski definition) is 1. The Morgan fingerprint density at radius 3 is 2.67 bits per heavy atom. The number of nitrogens with zero attached hydrogens (tertiary/aromatic N) is 2. The Bertz CT molecular complexity index is 332. The van der Waals surface area contributed by atoms with Crippen molar-refractivity contribution in [3.63, 3.8) is 0 Å². The number of nitrogens with one attached hydrogen (secondary N) is 1. The zero-order chi connectivity index (χ0) is 14.8. The maximum atomic E-state index is 3.88. The maximum Gasteiger partial charge on any atom is 0.0276 e. The van der Waals surface area contributed by atoms with Crippen molar-refractivity contribution in [1.82, 2.24) is 15.1 Å². The van der Waals surface area contributed by atoms with Gasteiger partial charge in [0.25, 0.3) is 0 Å². The summed E-state index contributed by atoms with van der Waals surface area (Å²) in [7, 11) is 0. The van der Waals surface area contributed by atoms with Crippen molar-refractivity contribution in [2.24, 2.45) is 11.8 Å². The summed E-state index contributed by atoms with van der Waals surface area (Å²) < 4.78 is 0. The van der Waals surface area contributed by atoms with Crippen LogP contribution in [0.4, 0.5) is 0 Å². The van der Waals surface area contributed by atoms with Gasteiger partial charge in [0.1, 0.15) is 0 Å². The Kier molecular flexibility index (Phi) is 5.23. The average Bonchev–Trinajstić information content (AvgIpc) is 2.91. The van der Waals surface area contributed by atoms with Crippen molar-refractivity contribution in [3.05, 3.63) is 0 Å². The molecule has 3 fully saturated rings. The SMILES string of the molecule is CCCNC1CC(C)CC(C)C1N1CCN2CCCC2C1. The maximum absolute atomic E-state index is 3.88. The lowest BCUT2D eigenvalue weighted by Crippen LogP contribution is -2.62. The molecule has 0 amide bonds. The van der Waals surface area contributed by atoms with Gasteiger partial charge >= 0.3 is 0 Å². The molecule has 0 spiro atoms. The normalized spacial score (nSPS) is 42.1. The first kappa shape index (κ1) is 15.8. The van der Waals surface area contributed by atoms with Crippen LogP contribution in [0.5, 0.6) is 0 Å². The Balaban J connectivity index is 1.67. The predicted octanol–water partition coefficient (Wildman–Crippen LogP) is 2.57. The van der Waals surface area contributed by atoms with Crippen LogP contribution < -0.4 is 5.32 Å². The summed E-state index contributed by atoms with van der Waals surface area (Å²) in [5.74, 6) is 1.73. The molecular weight excluding hydrogens is 258 g/mol. The third-order valence-corrected chi connectivity index (χ3v) is 6.12. The summed E-state index contributed by atoms with van der Waals surface area (Å²) in [4.78, 5) is 5.59. The molecular formula is C18H35N3. The second kappa shape index (κ2) is 6.97. The first-order valence-electron chi connectivity index (χ1n) is 9.40. The van der Waals surface area contributed by atoms with E-state index in [1.165, 1.54) is 64.8 Å². The number of rotatable bonds is 4. The quantitative estimate of drug-likeness (QED) is 0.859. The van der Waals surface area contributed by atoms with Crippen LogP contribution in [0, 0.1) is 11.8 Å². The van der Waals surface area contributed by atoms with Crippen LogP contribution in [0.1, 0.15) is 52.9 Å². The summed E-state index contributed by atoms with van der Waals surface area (Å²) in [6, 6.07) is 2.35. The van der Waals surface area contributed by atoms with E-state index in [4.69, 9.17) is 0 Å². The molecule has 3 rings (SSSR count). The minimum atomic E-state index is 0.719. The molecule has 2 saturated heterocycles. The van der Waals surface area contributed by atoms with E-state index < -0.39 is 0 Å². The van der Waals surface area contributed by atoms with Gasteiger partial charge in [-0.1, -0.05) is 20.8 Å². The fraction of sp³-hybridized carbons (Fsp3) is 1.00. The van der Waals surface area contributed by atoms with E-state index in [2.05, 4.69) is 35.9 Å². The van der Waals surface area contributed by atoms with E-state index in [9.17, 15) is 0 Å². The van der Waals surface area contributed by atoms with Crippen molar-refractivity contribution in [3.8, 4) is 0 Å². The van der Waals surface area contributed by atoms with Gasteiger partial charge in [-0.25, -0.2) is 0 Å². The molecule has 3 heteroatoms. The van der Waals surface area contributed by atoms with Gasteiger partial charge in [0, 0.05) is 37.8 Å². The highest BCUT2D eigenvalue weighted by molar-refractivity contribution is 4.98. The van der Waals surface area contributed by atoms with Crippen molar-refractivity contribution < 1.29 is 0 Å². The molecule has 3 nitrogen and oxygen atoms in total. The molecule has 5 unspecified atom stereocenters.